The lowest BCUT2D eigenvalue weighted by atomic mass is 10.0. The highest BCUT2D eigenvalue weighted by atomic mass is 32.2. The summed E-state index contributed by atoms with van der Waals surface area (Å²) in [6.07, 6.45) is 1.53. The number of nitrogens with zero attached hydrogens (tertiary/aromatic N) is 1. The molecule has 2 N–H and O–H groups in total. The van der Waals surface area contributed by atoms with E-state index in [2.05, 4.69) is 0 Å². The highest BCUT2D eigenvalue weighted by Gasteiger charge is 2.29. The molecule has 0 saturated carbocycles. The summed E-state index contributed by atoms with van der Waals surface area (Å²) in [6.45, 7) is 0.360. The van der Waals surface area contributed by atoms with Crippen molar-refractivity contribution in [2.75, 3.05) is 10.8 Å². The summed E-state index contributed by atoms with van der Waals surface area (Å²) in [5.41, 5.74) is 1.60. The topological polar surface area (TPSA) is 97.5 Å². The second kappa shape index (κ2) is 5.63. The Labute approximate surface area is 135 Å². The first-order valence-corrected chi connectivity index (χ1v) is 10.0. The van der Waals surface area contributed by atoms with Crippen molar-refractivity contribution in [1.82, 2.24) is 0 Å². The zero-order valence-corrected chi connectivity index (χ0v) is 13.8. The molecule has 1 aliphatic heterocycles. The summed E-state index contributed by atoms with van der Waals surface area (Å²) in [5.74, 6) is 0. The van der Waals surface area contributed by atoms with E-state index in [0.717, 1.165) is 18.1 Å². The van der Waals surface area contributed by atoms with E-state index in [9.17, 15) is 16.8 Å². The molecule has 0 aliphatic carbocycles. The molecular formula is C15H16N2O4S2. The van der Waals surface area contributed by atoms with E-state index in [0.29, 0.717) is 18.7 Å². The van der Waals surface area contributed by atoms with Gasteiger partial charge in [-0.3, -0.25) is 4.31 Å². The van der Waals surface area contributed by atoms with Gasteiger partial charge in [0.05, 0.1) is 15.5 Å². The molecule has 2 aromatic rings. The number of primary sulfonamides is 1. The van der Waals surface area contributed by atoms with Crippen LogP contribution < -0.4 is 9.44 Å². The van der Waals surface area contributed by atoms with E-state index in [1.165, 1.54) is 22.5 Å². The van der Waals surface area contributed by atoms with Gasteiger partial charge in [0.15, 0.2) is 0 Å². The van der Waals surface area contributed by atoms with E-state index in [1.807, 2.05) is 12.1 Å². The summed E-state index contributed by atoms with van der Waals surface area (Å²) in [6, 6.07) is 12.4. The molecule has 0 bridgehead atoms. The number of anilines is 1. The SMILES string of the molecule is NS(=O)(=O)c1cccc(S(=O)(=O)N2CCCc3ccccc32)c1. The van der Waals surface area contributed by atoms with E-state index >= 15 is 0 Å². The second-order valence-electron chi connectivity index (χ2n) is 5.33. The van der Waals surface area contributed by atoms with Crippen LogP contribution in [0.3, 0.4) is 0 Å². The van der Waals surface area contributed by atoms with Crippen molar-refractivity contribution in [3.05, 3.63) is 54.1 Å². The second-order valence-corrected chi connectivity index (χ2v) is 8.75. The molecule has 8 heteroatoms. The minimum Gasteiger partial charge on any atom is -0.266 e. The highest BCUT2D eigenvalue weighted by molar-refractivity contribution is 7.93. The summed E-state index contributed by atoms with van der Waals surface area (Å²) < 4.78 is 50.1. The number of aryl methyl sites for hydroxylation is 1. The molecule has 0 aromatic heterocycles. The summed E-state index contributed by atoms with van der Waals surface area (Å²) in [4.78, 5) is -0.301. The van der Waals surface area contributed by atoms with Crippen LogP contribution in [0.1, 0.15) is 12.0 Å². The zero-order valence-electron chi connectivity index (χ0n) is 12.2. The van der Waals surface area contributed by atoms with Crippen LogP contribution in [0.5, 0.6) is 0 Å². The van der Waals surface area contributed by atoms with Crippen LogP contribution >= 0.6 is 0 Å². The number of para-hydroxylation sites is 1. The Morgan fingerprint density at radius 2 is 1.61 bits per heavy atom. The van der Waals surface area contributed by atoms with Gasteiger partial charge in [0, 0.05) is 6.54 Å². The molecule has 0 spiro atoms. The van der Waals surface area contributed by atoms with Crippen LogP contribution in [-0.2, 0) is 26.5 Å². The smallest absolute Gasteiger partial charge is 0.264 e. The fraction of sp³-hybridized carbons (Fsp3) is 0.200. The van der Waals surface area contributed by atoms with Gasteiger partial charge >= 0.3 is 0 Å². The first kappa shape index (κ1) is 16.0. The molecule has 3 rings (SSSR count). The predicted molar refractivity (Wildman–Crippen MR) is 87.1 cm³/mol. The fourth-order valence-corrected chi connectivity index (χ4v) is 4.91. The first-order valence-electron chi connectivity index (χ1n) is 7.04. The van der Waals surface area contributed by atoms with Crippen molar-refractivity contribution in [3.8, 4) is 0 Å². The van der Waals surface area contributed by atoms with Crippen molar-refractivity contribution >= 4 is 25.7 Å². The van der Waals surface area contributed by atoms with Gasteiger partial charge in [-0.1, -0.05) is 24.3 Å². The number of benzene rings is 2. The maximum Gasteiger partial charge on any atom is 0.264 e. The predicted octanol–water partition coefficient (Wildman–Crippen LogP) is 1.48. The molecule has 0 fully saturated rings. The average Bonchev–Trinajstić information content (AvgIpc) is 2.53. The van der Waals surface area contributed by atoms with Crippen molar-refractivity contribution in [2.45, 2.75) is 22.6 Å². The van der Waals surface area contributed by atoms with Gasteiger partial charge in [-0.05, 0) is 42.7 Å². The Hall–Kier alpha value is -1.90. The van der Waals surface area contributed by atoms with E-state index < -0.39 is 20.0 Å². The summed E-state index contributed by atoms with van der Waals surface area (Å²) in [7, 11) is -7.80. The van der Waals surface area contributed by atoms with E-state index in [-0.39, 0.29) is 9.79 Å². The molecule has 1 heterocycles. The third-order valence-corrected chi connectivity index (χ3v) is 6.51. The normalized spacial score (nSPS) is 15.3. The summed E-state index contributed by atoms with van der Waals surface area (Å²) in [5, 5.41) is 5.09. The minimum atomic E-state index is -3.96. The Balaban J connectivity index is 2.11. The molecule has 0 amide bonds. The lowest BCUT2D eigenvalue weighted by molar-refractivity contribution is 0.586. The Morgan fingerprint density at radius 3 is 2.35 bits per heavy atom. The average molecular weight is 352 g/mol. The van der Waals surface area contributed by atoms with Gasteiger partial charge in [0.2, 0.25) is 10.0 Å². The molecule has 0 atom stereocenters. The van der Waals surface area contributed by atoms with Gasteiger partial charge < -0.3 is 0 Å². The van der Waals surface area contributed by atoms with Gasteiger partial charge in [-0.25, -0.2) is 22.0 Å². The van der Waals surface area contributed by atoms with Crippen LogP contribution in [0.25, 0.3) is 0 Å². The molecule has 1 aliphatic rings. The quantitative estimate of drug-likeness (QED) is 0.904. The van der Waals surface area contributed by atoms with Gasteiger partial charge in [0.25, 0.3) is 10.0 Å². The maximum absolute atomic E-state index is 12.9. The molecule has 0 radical (unpaired) electrons. The van der Waals surface area contributed by atoms with Crippen molar-refractivity contribution in [3.63, 3.8) is 0 Å². The largest absolute Gasteiger partial charge is 0.266 e. The molecule has 23 heavy (non-hydrogen) atoms. The molecule has 0 unspecified atom stereocenters. The van der Waals surface area contributed by atoms with Gasteiger partial charge in [-0.2, -0.15) is 0 Å². The van der Waals surface area contributed by atoms with Crippen LogP contribution in [0.15, 0.2) is 58.3 Å². The van der Waals surface area contributed by atoms with E-state index in [4.69, 9.17) is 5.14 Å². The lowest BCUT2D eigenvalue weighted by Crippen LogP contribution is -2.35. The monoisotopic (exact) mass is 352 g/mol. The highest BCUT2D eigenvalue weighted by Crippen LogP contribution is 2.32. The third-order valence-electron chi connectivity index (χ3n) is 3.79. The fourth-order valence-electron chi connectivity index (χ4n) is 2.69. The molecular weight excluding hydrogens is 336 g/mol. The summed E-state index contributed by atoms with van der Waals surface area (Å²) >= 11 is 0. The Morgan fingerprint density at radius 1 is 0.913 bits per heavy atom. The van der Waals surface area contributed by atoms with Crippen molar-refractivity contribution in [2.24, 2.45) is 5.14 Å². The lowest BCUT2D eigenvalue weighted by Gasteiger charge is -2.30. The number of rotatable bonds is 3. The molecule has 2 aromatic carbocycles. The van der Waals surface area contributed by atoms with Crippen molar-refractivity contribution < 1.29 is 16.8 Å². The Bertz CT molecular complexity index is 953. The molecule has 122 valence electrons. The third kappa shape index (κ3) is 2.97. The Kier molecular flexibility index (Phi) is 3.91. The van der Waals surface area contributed by atoms with Crippen LogP contribution in [0.4, 0.5) is 5.69 Å². The van der Waals surface area contributed by atoms with E-state index in [1.54, 1.807) is 12.1 Å². The van der Waals surface area contributed by atoms with Gasteiger partial charge in [-0.15, -0.1) is 0 Å². The van der Waals surface area contributed by atoms with Crippen LogP contribution in [0, 0.1) is 0 Å². The van der Waals surface area contributed by atoms with Crippen LogP contribution in [-0.4, -0.2) is 23.4 Å². The van der Waals surface area contributed by atoms with Gasteiger partial charge in [0.1, 0.15) is 0 Å². The number of sulfonamides is 2. The molecule has 6 nitrogen and oxygen atoms in total. The number of nitrogens with two attached hydrogens (primary N) is 1. The molecule has 0 saturated heterocycles. The standard InChI is InChI=1S/C15H16N2O4S2/c16-22(18,19)13-7-3-8-14(11-13)23(20,21)17-10-4-6-12-5-1-2-9-15(12)17/h1-3,5,7-9,11H,4,6,10H2,(H2,16,18,19). The number of hydrogen-bond donors (Lipinski definition) is 1. The zero-order chi connectivity index (χ0) is 16.7. The minimum absolute atomic E-state index is 0.0827. The van der Waals surface area contributed by atoms with Crippen molar-refractivity contribution in [1.29, 1.82) is 0 Å². The first-order chi connectivity index (χ1) is 10.8. The number of fused-ring (bicyclic) bond motifs is 1. The van der Waals surface area contributed by atoms with Crippen LogP contribution in [0.2, 0.25) is 0 Å². The number of hydrogen-bond acceptors (Lipinski definition) is 4. The maximum atomic E-state index is 12.9.